The number of imide groups is 1. The summed E-state index contributed by atoms with van der Waals surface area (Å²) in [5, 5.41) is 3.44. The molecule has 1 saturated heterocycles. The second-order valence-corrected chi connectivity index (χ2v) is 9.16. The van der Waals surface area contributed by atoms with Crippen LogP contribution in [0.2, 0.25) is 0 Å². The first-order valence-corrected chi connectivity index (χ1v) is 12.2. The molecule has 2 aliphatic heterocycles. The van der Waals surface area contributed by atoms with Crippen LogP contribution in [0.1, 0.15) is 72.1 Å². The molecule has 3 aliphatic rings. The first-order chi connectivity index (χ1) is 15.7. The second kappa shape index (κ2) is 10.9. The van der Waals surface area contributed by atoms with Crippen LogP contribution < -0.4 is 5.32 Å². The summed E-state index contributed by atoms with van der Waals surface area (Å²) >= 11 is 0. The Balaban J connectivity index is 1.12. The molecule has 0 atom stereocenters. The molecule has 0 radical (unpaired) electrons. The average molecular weight is 441 g/mol. The van der Waals surface area contributed by atoms with Crippen molar-refractivity contribution in [2.24, 2.45) is 10.9 Å². The highest BCUT2D eigenvalue weighted by Gasteiger charge is 2.34. The standard InChI is InChI=1S/C25H36N4O3/c1-26-25(28-16-12-20(13-17-28)32-18-19-8-2-3-9-19)27-14-6-7-15-29-23(30)21-10-4-5-11-22(21)24(29)31/h4-5,10-11,19-20H,2-3,6-9,12-18H2,1H3,(H,26,27). The van der Waals surface area contributed by atoms with E-state index >= 15 is 0 Å². The zero-order chi connectivity index (χ0) is 22.3. The molecule has 7 heteroatoms. The number of rotatable bonds is 8. The Morgan fingerprint density at radius 2 is 1.69 bits per heavy atom. The monoisotopic (exact) mass is 440 g/mol. The number of benzene rings is 1. The molecule has 0 aromatic heterocycles. The maximum Gasteiger partial charge on any atom is 0.261 e. The number of unbranched alkanes of at least 4 members (excludes halogenated alkanes) is 1. The van der Waals surface area contributed by atoms with Crippen LogP contribution in [-0.4, -0.2) is 73.5 Å². The number of fused-ring (bicyclic) bond motifs is 1. The van der Waals surface area contributed by atoms with Crippen LogP contribution in [0.5, 0.6) is 0 Å². The number of hydrogen-bond donors (Lipinski definition) is 1. The number of guanidine groups is 1. The van der Waals surface area contributed by atoms with Gasteiger partial charge < -0.3 is 15.0 Å². The number of nitrogens with zero attached hydrogens (tertiary/aromatic N) is 3. The van der Waals surface area contributed by atoms with Gasteiger partial charge in [-0.3, -0.25) is 19.5 Å². The number of piperidine rings is 1. The van der Waals surface area contributed by atoms with E-state index in [-0.39, 0.29) is 11.8 Å². The summed E-state index contributed by atoms with van der Waals surface area (Å²) in [4.78, 5) is 33.0. The Hall–Kier alpha value is -2.41. The van der Waals surface area contributed by atoms with E-state index in [1.54, 1.807) is 24.3 Å². The van der Waals surface area contributed by atoms with E-state index in [1.807, 2.05) is 7.05 Å². The van der Waals surface area contributed by atoms with E-state index in [9.17, 15) is 9.59 Å². The van der Waals surface area contributed by atoms with Crippen LogP contribution in [0, 0.1) is 5.92 Å². The van der Waals surface area contributed by atoms with E-state index in [4.69, 9.17) is 4.74 Å². The molecule has 2 heterocycles. The van der Waals surface area contributed by atoms with Crippen molar-refractivity contribution in [3.05, 3.63) is 35.4 Å². The second-order valence-electron chi connectivity index (χ2n) is 9.16. The summed E-state index contributed by atoms with van der Waals surface area (Å²) in [6, 6.07) is 7.05. The SMILES string of the molecule is CN=C(NCCCCN1C(=O)c2ccccc2C1=O)N1CCC(OCC2CCCC2)CC1. The minimum Gasteiger partial charge on any atom is -0.378 e. The number of aliphatic imine (C=N–C) groups is 1. The van der Waals surface area contributed by atoms with Gasteiger partial charge in [-0.05, 0) is 56.6 Å². The molecule has 1 N–H and O–H groups in total. The predicted molar refractivity (Wildman–Crippen MR) is 125 cm³/mol. The van der Waals surface area contributed by atoms with Gasteiger partial charge in [-0.15, -0.1) is 0 Å². The Kier molecular flexibility index (Phi) is 7.79. The molecule has 1 aromatic rings. The van der Waals surface area contributed by atoms with Gasteiger partial charge in [0.1, 0.15) is 0 Å². The molecular formula is C25H36N4O3. The molecule has 2 amide bonds. The van der Waals surface area contributed by atoms with Crippen molar-refractivity contribution in [1.29, 1.82) is 0 Å². The highest BCUT2D eigenvalue weighted by Crippen LogP contribution is 2.26. The fourth-order valence-electron chi connectivity index (χ4n) is 5.05. The van der Waals surface area contributed by atoms with E-state index in [0.717, 1.165) is 63.8 Å². The van der Waals surface area contributed by atoms with Crippen LogP contribution in [-0.2, 0) is 4.74 Å². The predicted octanol–water partition coefficient (Wildman–Crippen LogP) is 3.31. The fourth-order valence-corrected chi connectivity index (χ4v) is 5.05. The summed E-state index contributed by atoms with van der Waals surface area (Å²) in [5.74, 6) is 1.36. The molecule has 0 unspecified atom stereocenters. The van der Waals surface area contributed by atoms with Crippen LogP contribution in [0.25, 0.3) is 0 Å². The molecule has 1 aliphatic carbocycles. The molecule has 32 heavy (non-hydrogen) atoms. The number of likely N-dealkylation sites (tertiary alicyclic amines) is 1. The van der Waals surface area contributed by atoms with Gasteiger partial charge in [0, 0.05) is 39.8 Å². The molecule has 7 nitrogen and oxygen atoms in total. The highest BCUT2D eigenvalue weighted by molar-refractivity contribution is 6.21. The smallest absolute Gasteiger partial charge is 0.261 e. The Bertz CT molecular complexity index is 791. The van der Waals surface area contributed by atoms with Crippen molar-refractivity contribution in [3.8, 4) is 0 Å². The molecule has 1 saturated carbocycles. The fraction of sp³-hybridized carbons (Fsp3) is 0.640. The van der Waals surface area contributed by atoms with Gasteiger partial charge in [0.05, 0.1) is 17.2 Å². The normalized spacial score (nSPS) is 20.3. The third-order valence-electron chi connectivity index (χ3n) is 6.97. The molecule has 0 bridgehead atoms. The number of nitrogens with one attached hydrogen (secondary N) is 1. The van der Waals surface area contributed by atoms with Crippen molar-refractivity contribution in [2.45, 2.75) is 57.5 Å². The first kappa shape index (κ1) is 22.8. The van der Waals surface area contributed by atoms with Crippen LogP contribution in [0.15, 0.2) is 29.3 Å². The van der Waals surface area contributed by atoms with Gasteiger partial charge in [0.25, 0.3) is 11.8 Å². The molecule has 4 rings (SSSR count). The summed E-state index contributed by atoms with van der Waals surface area (Å²) < 4.78 is 6.18. The minimum absolute atomic E-state index is 0.174. The Morgan fingerprint density at radius 1 is 1.03 bits per heavy atom. The van der Waals surface area contributed by atoms with E-state index in [1.165, 1.54) is 30.6 Å². The van der Waals surface area contributed by atoms with Crippen LogP contribution in [0.3, 0.4) is 0 Å². The van der Waals surface area contributed by atoms with Crippen molar-refractivity contribution in [2.75, 3.05) is 39.8 Å². The molecule has 2 fully saturated rings. The number of hydrogen-bond acceptors (Lipinski definition) is 4. The third kappa shape index (κ3) is 5.31. The molecule has 1 aromatic carbocycles. The van der Waals surface area contributed by atoms with Gasteiger partial charge in [-0.25, -0.2) is 0 Å². The maximum absolute atomic E-state index is 12.4. The van der Waals surface area contributed by atoms with E-state index in [2.05, 4.69) is 15.2 Å². The van der Waals surface area contributed by atoms with Gasteiger partial charge >= 0.3 is 0 Å². The number of carbonyl (C=O) groups excluding carboxylic acids is 2. The molecule has 174 valence electrons. The minimum atomic E-state index is -0.174. The maximum atomic E-state index is 12.4. The summed E-state index contributed by atoms with van der Waals surface area (Å²) in [7, 11) is 1.82. The Morgan fingerprint density at radius 3 is 2.31 bits per heavy atom. The van der Waals surface area contributed by atoms with Gasteiger partial charge in [0.2, 0.25) is 0 Å². The average Bonchev–Trinajstić information content (AvgIpc) is 3.43. The number of ether oxygens (including phenoxy) is 1. The lowest BCUT2D eigenvalue weighted by Gasteiger charge is -2.34. The van der Waals surface area contributed by atoms with Crippen molar-refractivity contribution < 1.29 is 14.3 Å². The first-order valence-electron chi connectivity index (χ1n) is 12.2. The van der Waals surface area contributed by atoms with Crippen molar-refractivity contribution >= 4 is 17.8 Å². The largest absolute Gasteiger partial charge is 0.378 e. The quantitative estimate of drug-likeness (QED) is 0.291. The molecular weight excluding hydrogens is 404 g/mol. The van der Waals surface area contributed by atoms with Crippen LogP contribution >= 0.6 is 0 Å². The number of amides is 2. The molecule has 0 spiro atoms. The zero-order valence-electron chi connectivity index (χ0n) is 19.2. The van der Waals surface area contributed by atoms with Gasteiger partial charge in [0.15, 0.2) is 5.96 Å². The van der Waals surface area contributed by atoms with Crippen LogP contribution in [0.4, 0.5) is 0 Å². The summed E-state index contributed by atoms with van der Waals surface area (Å²) in [6.45, 7) is 4.09. The highest BCUT2D eigenvalue weighted by atomic mass is 16.5. The zero-order valence-corrected chi connectivity index (χ0v) is 19.2. The Labute approximate surface area is 191 Å². The lowest BCUT2D eigenvalue weighted by molar-refractivity contribution is 0.00102. The van der Waals surface area contributed by atoms with E-state index < -0.39 is 0 Å². The van der Waals surface area contributed by atoms with Gasteiger partial charge in [-0.1, -0.05) is 25.0 Å². The van der Waals surface area contributed by atoms with Gasteiger partial charge in [-0.2, -0.15) is 0 Å². The third-order valence-corrected chi connectivity index (χ3v) is 6.97. The topological polar surface area (TPSA) is 74.2 Å². The van der Waals surface area contributed by atoms with Crippen molar-refractivity contribution in [3.63, 3.8) is 0 Å². The summed E-state index contributed by atoms with van der Waals surface area (Å²) in [5.41, 5.74) is 1.04. The summed E-state index contributed by atoms with van der Waals surface area (Å²) in [6.07, 6.45) is 9.52. The lowest BCUT2D eigenvalue weighted by atomic mass is 10.1. The lowest BCUT2D eigenvalue weighted by Crippen LogP contribution is -2.47. The number of carbonyl (C=O) groups is 2. The van der Waals surface area contributed by atoms with E-state index in [0.29, 0.717) is 23.8 Å². The van der Waals surface area contributed by atoms with Crippen molar-refractivity contribution in [1.82, 2.24) is 15.1 Å².